The Bertz CT molecular complexity index is 161. The van der Waals surface area contributed by atoms with Gasteiger partial charge in [-0.25, -0.2) is 0 Å². The molecule has 0 aromatic heterocycles. The molecular formula is C12H23N. The summed E-state index contributed by atoms with van der Waals surface area (Å²) in [6.45, 7) is 5.67. The lowest BCUT2D eigenvalue weighted by molar-refractivity contribution is 0.517. The molecule has 0 bridgehead atoms. The summed E-state index contributed by atoms with van der Waals surface area (Å²) in [4.78, 5) is 0. The predicted octanol–water partition coefficient (Wildman–Crippen LogP) is 3.27. The number of nitrogens with one attached hydrogen (secondary N) is 1. The lowest BCUT2D eigenvalue weighted by Gasteiger charge is -2.23. The topological polar surface area (TPSA) is 12.0 Å². The Hall–Kier alpha value is -0.300. The monoisotopic (exact) mass is 181 g/mol. The third-order valence-corrected chi connectivity index (χ3v) is 2.82. The zero-order chi connectivity index (χ0) is 9.52. The molecule has 76 valence electrons. The van der Waals surface area contributed by atoms with E-state index in [0.717, 1.165) is 6.54 Å². The van der Waals surface area contributed by atoms with E-state index in [1.165, 1.54) is 38.5 Å². The molecule has 0 radical (unpaired) electrons. The van der Waals surface area contributed by atoms with Gasteiger partial charge in [-0.15, -0.1) is 0 Å². The van der Waals surface area contributed by atoms with Crippen LogP contribution in [0.1, 0.15) is 52.4 Å². The minimum Gasteiger partial charge on any atom is -0.310 e. The molecule has 1 aliphatic carbocycles. The van der Waals surface area contributed by atoms with E-state index in [2.05, 4.69) is 25.2 Å². The molecule has 0 saturated heterocycles. The Morgan fingerprint density at radius 3 is 2.77 bits per heavy atom. The lowest BCUT2D eigenvalue weighted by Crippen LogP contribution is -2.31. The van der Waals surface area contributed by atoms with Gasteiger partial charge in [0.05, 0.1) is 0 Å². The Balaban J connectivity index is 2.39. The van der Waals surface area contributed by atoms with Crippen LogP contribution in [0.4, 0.5) is 0 Å². The Kier molecular flexibility index (Phi) is 5.14. The summed E-state index contributed by atoms with van der Waals surface area (Å²) in [5.41, 5.74) is 1.67. The average Bonchev–Trinajstić information content (AvgIpc) is 2.21. The minimum absolute atomic E-state index is 0.667. The van der Waals surface area contributed by atoms with Crippen LogP contribution in [-0.4, -0.2) is 12.6 Å². The highest BCUT2D eigenvalue weighted by molar-refractivity contribution is 5.12. The van der Waals surface area contributed by atoms with E-state index < -0.39 is 0 Å². The maximum absolute atomic E-state index is 3.62. The fourth-order valence-corrected chi connectivity index (χ4v) is 2.04. The summed E-state index contributed by atoms with van der Waals surface area (Å²) < 4.78 is 0. The smallest absolute Gasteiger partial charge is 0.0276 e. The molecule has 0 fully saturated rings. The second-order valence-corrected chi connectivity index (χ2v) is 3.94. The van der Waals surface area contributed by atoms with Gasteiger partial charge < -0.3 is 5.32 Å². The van der Waals surface area contributed by atoms with Crippen molar-refractivity contribution in [1.82, 2.24) is 5.32 Å². The molecule has 0 amide bonds. The van der Waals surface area contributed by atoms with Gasteiger partial charge in [-0.3, -0.25) is 0 Å². The summed E-state index contributed by atoms with van der Waals surface area (Å²) in [6.07, 6.45) is 10.4. The van der Waals surface area contributed by atoms with Crippen LogP contribution in [0.25, 0.3) is 0 Å². The first-order valence-corrected chi connectivity index (χ1v) is 5.80. The van der Waals surface area contributed by atoms with E-state index in [9.17, 15) is 0 Å². The lowest BCUT2D eigenvalue weighted by atomic mass is 9.92. The maximum atomic E-state index is 3.62. The van der Waals surface area contributed by atoms with Crippen molar-refractivity contribution in [2.75, 3.05) is 6.54 Å². The summed E-state index contributed by atoms with van der Waals surface area (Å²) in [6, 6.07) is 0.667. The second-order valence-electron chi connectivity index (χ2n) is 3.94. The SMILES string of the molecule is CCCNC(CC)C1=CCCCC1. The van der Waals surface area contributed by atoms with Crippen molar-refractivity contribution in [3.63, 3.8) is 0 Å². The Morgan fingerprint density at radius 1 is 1.38 bits per heavy atom. The van der Waals surface area contributed by atoms with Crippen molar-refractivity contribution in [2.24, 2.45) is 0 Å². The quantitative estimate of drug-likeness (QED) is 0.642. The first-order chi connectivity index (χ1) is 6.38. The van der Waals surface area contributed by atoms with Crippen molar-refractivity contribution in [3.8, 4) is 0 Å². The van der Waals surface area contributed by atoms with Gasteiger partial charge >= 0.3 is 0 Å². The molecule has 1 rings (SSSR count). The third kappa shape index (κ3) is 3.51. The number of allylic oxidation sites excluding steroid dienone is 1. The minimum atomic E-state index is 0.667. The summed E-state index contributed by atoms with van der Waals surface area (Å²) in [5.74, 6) is 0. The molecule has 1 N–H and O–H groups in total. The number of rotatable bonds is 5. The van der Waals surface area contributed by atoms with Crippen molar-refractivity contribution < 1.29 is 0 Å². The van der Waals surface area contributed by atoms with E-state index in [0.29, 0.717) is 6.04 Å². The van der Waals surface area contributed by atoms with E-state index in [1.54, 1.807) is 5.57 Å². The van der Waals surface area contributed by atoms with Crippen molar-refractivity contribution in [3.05, 3.63) is 11.6 Å². The molecule has 1 heteroatoms. The molecule has 0 saturated carbocycles. The van der Waals surface area contributed by atoms with Crippen LogP contribution >= 0.6 is 0 Å². The molecule has 1 unspecified atom stereocenters. The molecule has 0 aromatic rings. The predicted molar refractivity (Wildman–Crippen MR) is 58.9 cm³/mol. The zero-order valence-electron chi connectivity index (χ0n) is 9.10. The van der Waals surface area contributed by atoms with Gasteiger partial charge in [0, 0.05) is 6.04 Å². The van der Waals surface area contributed by atoms with Crippen molar-refractivity contribution in [2.45, 2.75) is 58.4 Å². The van der Waals surface area contributed by atoms with Gasteiger partial charge in [0.1, 0.15) is 0 Å². The van der Waals surface area contributed by atoms with E-state index in [-0.39, 0.29) is 0 Å². The van der Waals surface area contributed by atoms with Crippen LogP contribution in [0, 0.1) is 0 Å². The van der Waals surface area contributed by atoms with Gasteiger partial charge in [-0.05, 0) is 45.1 Å². The Morgan fingerprint density at radius 2 is 2.23 bits per heavy atom. The van der Waals surface area contributed by atoms with Gasteiger partial charge in [-0.2, -0.15) is 0 Å². The van der Waals surface area contributed by atoms with E-state index in [4.69, 9.17) is 0 Å². The van der Waals surface area contributed by atoms with Crippen LogP contribution in [-0.2, 0) is 0 Å². The number of hydrogen-bond acceptors (Lipinski definition) is 1. The van der Waals surface area contributed by atoms with Gasteiger partial charge in [-0.1, -0.05) is 25.5 Å². The van der Waals surface area contributed by atoms with Gasteiger partial charge in [0.25, 0.3) is 0 Å². The standard InChI is InChI=1S/C12H23N/c1-3-10-13-12(4-2)11-8-6-5-7-9-11/h8,12-13H,3-7,9-10H2,1-2H3. The first-order valence-electron chi connectivity index (χ1n) is 5.80. The molecule has 1 nitrogen and oxygen atoms in total. The third-order valence-electron chi connectivity index (χ3n) is 2.82. The van der Waals surface area contributed by atoms with Crippen LogP contribution in [0.15, 0.2) is 11.6 Å². The fraction of sp³-hybridized carbons (Fsp3) is 0.833. The molecule has 1 atom stereocenters. The van der Waals surface area contributed by atoms with Crippen LogP contribution in [0.3, 0.4) is 0 Å². The molecule has 0 spiro atoms. The largest absolute Gasteiger partial charge is 0.310 e. The molecule has 0 heterocycles. The van der Waals surface area contributed by atoms with E-state index >= 15 is 0 Å². The molecule has 13 heavy (non-hydrogen) atoms. The van der Waals surface area contributed by atoms with Crippen molar-refractivity contribution in [1.29, 1.82) is 0 Å². The van der Waals surface area contributed by atoms with Crippen LogP contribution in [0.2, 0.25) is 0 Å². The molecule has 1 aliphatic rings. The van der Waals surface area contributed by atoms with Crippen LogP contribution < -0.4 is 5.32 Å². The first kappa shape index (κ1) is 10.8. The maximum Gasteiger partial charge on any atom is 0.0276 e. The van der Waals surface area contributed by atoms with Gasteiger partial charge in [0.2, 0.25) is 0 Å². The summed E-state index contributed by atoms with van der Waals surface area (Å²) in [5, 5.41) is 3.62. The Labute approximate surface area is 82.6 Å². The van der Waals surface area contributed by atoms with E-state index in [1.807, 2.05) is 0 Å². The molecular weight excluding hydrogens is 158 g/mol. The van der Waals surface area contributed by atoms with Crippen molar-refractivity contribution >= 4 is 0 Å². The van der Waals surface area contributed by atoms with Gasteiger partial charge in [0.15, 0.2) is 0 Å². The highest BCUT2D eigenvalue weighted by atomic mass is 14.9. The molecule has 0 aliphatic heterocycles. The summed E-state index contributed by atoms with van der Waals surface area (Å²) >= 11 is 0. The average molecular weight is 181 g/mol. The second kappa shape index (κ2) is 6.20. The highest BCUT2D eigenvalue weighted by Gasteiger charge is 2.12. The van der Waals surface area contributed by atoms with Crippen LogP contribution in [0.5, 0.6) is 0 Å². The fourth-order valence-electron chi connectivity index (χ4n) is 2.04. The normalized spacial score (nSPS) is 19.7. The summed E-state index contributed by atoms with van der Waals surface area (Å²) in [7, 11) is 0. The number of hydrogen-bond donors (Lipinski definition) is 1. The zero-order valence-corrected chi connectivity index (χ0v) is 9.10. The highest BCUT2D eigenvalue weighted by Crippen LogP contribution is 2.21. The molecule has 0 aromatic carbocycles.